The molecule has 0 aliphatic carbocycles. The summed E-state index contributed by atoms with van der Waals surface area (Å²) in [5.41, 5.74) is 4.71. The quantitative estimate of drug-likeness (QED) is 0.258. The summed E-state index contributed by atoms with van der Waals surface area (Å²) in [5.74, 6) is 2.66. The minimum absolute atomic E-state index is 0.168. The number of fused-ring (bicyclic) bond motifs is 2. The highest BCUT2D eigenvalue weighted by molar-refractivity contribution is 6.29. The standard InChI is InChI=1S/C16H21ClN4O2.C10H17N3O2.C6H5Cl2N/c1-12-8-19(10-15(22)23-2)11-21-6-5-20(16(12)21)9-13-3-4-14(17)18-7-13;1-8-5-12(6-9(14)15-2)7-13-4-3-11-10(8)13;7-3-5-1-2-6(8)9-4-5/h3-4,7H,5-6,8-11H2,1-2H3;11H,3-7H2,1-2H3;1-2,4H,3H2. The number of esters is 2. The lowest BCUT2D eigenvalue weighted by molar-refractivity contribution is -0.143. The monoisotopic (exact) mass is 708 g/mol. The molecule has 0 spiro atoms. The average molecular weight is 710 g/mol. The number of pyridine rings is 2. The van der Waals surface area contributed by atoms with E-state index in [0.29, 0.717) is 29.3 Å². The van der Waals surface area contributed by atoms with Gasteiger partial charge in [-0.2, -0.15) is 0 Å². The van der Waals surface area contributed by atoms with Gasteiger partial charge in [-0.3, -0.25) is 19.4 Å². The number of alkyl halides is 1. The van der Waals surface area contributed by atoms with Crippen LogP contribution in [0, 0.1) is 0 Å². The molecule has 0 unspecified atom stereocenters. The van der Waals surface area contributed by atoms with Gasteiger partial charge in [0, 0.05) is 64.1 Å². The number of hydrogen-bond donors (Lipinski definition) is 1. The molecule has 47 heavy (non-hydrogen) atoms. The molecule has 0 radical (unpaired) electrons. The maximum absolute atomic E-state index is 11.5. The molecule has 2 aromatic rings. The summed E-state index contributed by atoms with van der Waals surface area (Å²) >= 11 is 16.9. The smallest absolute Gasteiger partial charge is 0.319 e. The molecule has 6 heterocycles. The molecule has 1 N–H and O–H groups in total. The van der Waals surface area contributed by atoms with E-state index >= 15 is 0 Å². The summed E-state index contributed by atoms with van der Waals surface area (Å²) in [7, 11) is 2.86. The second kappa shape index (κ2) is 17.7. The Balaban J connectivity index is 0.000000178. The van der Waals surface area contributed by atoms with Crippen molar-refractivity contribution in [3.05, 3.63) is 80.9 Å². The Kier molecular flexibility index (Phi) is 13.8. The van der Waals surface area contributed by atoms with Crippen molar-refractivity contribution in [3.63, 3.8) is 0 Å². The van der Waals surface area contributed by atoms with Gasteiger partial charge in [-0.25, -0.2) is 9.97 Å². The zero-order chi connectivity index (χ0) is 33.9. The van der Waals surface area contributed by atoms with Crippen LogP contribution in [0.1, 0.15) is 25.0 Å². The Morgan fingerprint density at radius 2 is 1.38 bits per heavy atom. The molecule has 2 saturated heterocycles. The second-order valence-electron chi connectivity index (χ2n) is 11.6. The number of nitrogens with zero attached hydrogens (tertiary/aromatic N) is 7. The highest BCUT2D eigenvalue weighted by Crippen LogP contribution is 2.28. The van der Waals surface area contributed by atoms with Gasteiger partial charge in [0.05, 0.1) is 40.6 Å². The molecule has 2 fully saturated rings. The molecule has 4 aliphatic heterocycles. The molecule has 0 atom stereocenters. The Bertz CT molecular complexity index is 1420. The molecule has 0 aromatic carbocycles. The number of carbonyl (C=O) groups is 2. The SMILES string of the molecule is COC(=O)CN1CC(C)=C2N(Cc3ccc(Cl)nc3)CCN2C1.COC(=O)CN1CC(C)=C2NCCN2C1.ClCc1ccc(Cl)nc1. The largest absolute Gasteiger partial charge is 0.468 e. The number of halogens is 3. The van der Waals surface area contributed by atoms with Crippen molar-refractivity contribution in [1.82, 2.24) is 39.8 Å². The van der Waals surface area contributed by atoms with Gasteiger partial charge in [-0.1, -0.05) is 35.3 Å². The van der Waals surface area contributed by atoms with Crippen LogP contribution >= 0.6 is 34.8 Å². The van der Waals surface area contributed by atoms with E-state index in [1.165, 1.54) is 37.0 Å². The summed E-state index contributed by atoms with van der Waals surface area (Å²) in [6.45, 7) is 12.9. The number of aromatic nitrogens is 2. The van der Waals surface area contributed by atoms with Crippen LogP contribution in [-0.2, 0) is 31.5 Å². The van der Waals surface area contributed by atoms with Crippen molar-refractivity contribution < 1.29 is 19.1 Å². The Morgan fingerprint density at radius 1 is 0.809 bits per heavy atom. The molecule has 6 rings (SSSR count). The number of hydrogen-bond acceptors (Lipinski definition) is 12. The van der Waals surface area contributed by atoms with E-state index in [-0.39, 0.29) is 11.9 Å². The third kappa shape index (κ3) is 10.6. The van der Waals surface area contributed by atoms with Crippen molar-refractivity contribution in [1.29, 1.82) is 0 Å². The number of methoxy groups -OCH3 is 2. The van der Waals surface area contributed by atoms with Crippen LogP contribution in [-0.4, -0.2) is 126 Å². The van der Waals surface area contributed by atoms with E-state index in [0.717, 1.165) is 70.3 Å². The molecule has 0 bridgehead atoms. The fourth-order valence-electron chi connectivity index (χ4n) is 5.89. The van der Waals surface area contributed by atoms with Gasteiger partial charge < -0.3 is 29.5 Å². The van der Waals surface area contributed by atoms with E-state index in [1.807, 2.05) is 24.4 Å². The van der Waals surface area contributed by atoms with Gasteiger partial charge in [0.1, 0.15) is 21.9 Å². The Hall–Kier alpha value is -3.29. The molecular weight excluding hydrogens is 667 g/mol. The molecule has 256 valence electrons. The van der Waals surface area contributed by atoms with Crippen LogP contribution in [0.25, 0.3) is 0 Å². The molecule has 0 saturated carbocycles. The number of rotatable bonds is 7. The van der Waals surface area contributed by atoms with Gasteiger partial charge >= 0.3 is 11.9 Å². The number of carbonyl (C=O) groups excluding carboxylic acids is 2. The molecule has 12 nitrogen and oxygen atoms in total. The lowest BCUT2D eigenvalue weighted by atomic mass is 10.2. The van der Waals surface area contributed by atoms with E-state index in [9.17, 15) is 9.59 Å². The van der Waals surface area contributed by atoms with Crippen LogP contribution in [0.2, 0.25) is 10.3 Å². The second-order valence-corrected chi connectivity index (χ2v) is 12.7. The first-order valence-corrected chi connectivity index (χ1v) is 16.6. The van der Waals surface area contributed by atoms with Crippen LogP contribution in [0.5, 0.6) is 0 Å². The summed E-state index contributed by atoms with van der Waals surface area (Å²) in [6, 6.07) is 7.41. The van der Waals surface area contributed by atoms with Crippen molar-refractivity contribution in [2.24, 2.45) is 0 Å². The van der Waals surface area contributed by atoms with Crippen LogP contribution in [0.15, 0.2) is 59.4 Å². The van der Waals surface area contributed by atoms with Gasteiger partial charge in [0.2, 0.25) is 0 Å². The third-order valence-electron chi connectivity index (χ3n) is 7.94. The first-order chi connectivity index (χ1) is 22.6. The summed E-state index contributed by atoms with van der Waals surface area (Å²) in [5, 5.41) is 4.38. The fraction of sp³-hybridized carbons (Fsp3) is 0.500. The summed E-state index contributed by atoms with van der Waals surface area (Å²) < 4.78 is 9.43. The van der Waals surface area contributed by atoms with Crippen molar-refractivity contribution >= 4 is 46.7 Å². The van der Waals surface area contributed by atoms with Gasteiger partial charge in [0.15, 0.2) is 0 Å². The van der Waals surface area contributed by atoms with Crippen LogP contribution in [0.4, 0.5) is 0 Å². The third-order valence-corrected chi connectivity index (χ3v) is 8.70. The predicted molar refractivity (Wildman–Crippen MR) is 182 cm³/mol. The lowest BCUT2D eigenvalue weighted by Crippen LogP contribution is -2.45. The Labute approximate surface area is 291 Å². The zero-order valence-corrected chi connectivity index (χ0v) is 29.6. The highest BCUT2D eigenvalue weighted by Gasteiger charge is 2.32. The maximum Gasteiger partial charge on any atom is 0.319 e. The molecule has 15 heteroatoms. The van der Waals surface area contributed by atoms with Crippen molar-refractivity contribution in [2.45, 2.75) is 26.3 Å². The average Bonchev–Trinajstić information content (AvgIpc) is 3.71. The normalized spacial score (nSPS) is 17.6. The van der Waals surface area contributed by atoms with Crippen LogP contribution < -0.4 is 5.32 Å². The highest BCUT2D eigenvalue weighted by atomic mass is 35.5. The topological polar surface area (TPSA) is 107 Å². The van der Waals surface area contributed by atoms with E-state index in [1.54, 1.807) is 12.3 Å². The zero-order valence-electron chi connectivity index (χ0n) is 27.3. The first-order valence-electron chi connectivity index (χ1n) is 15.3. The Morgan fingerprint density at radius 3 is 1.94 bits per heavy atom. The predicted octanol–water partition coefficient (Wildman–Crippen LogP) is 3.57. The minimum atomic E-state index is -0.190. The van der Waals surface area contributed by atoms with Crippen LogP contribution in [0.3, 0.4) is 0 Å². The maximum atomic E-state index is 11.5. The fourth-order valence-corrected chi connectivity index (χ4v) is 6.27. The molecular formula is C32H43Cl3N8O4. The van der Waals surface area contributed by atoms with Gasteiger partial charge in [-0.05, 0) is 48.3 Å². The molecule has 2 aromatic heterocycles. The van der Waals surface area contributed by atoms with Gasteiger partial charge in [-0.15, -0.1) is 11.6 Å². The van der Waals surface area contributed by atoms with Gasteiger partial charge in [0.25, 0.3) is 0 Å². The van der Waals surface area contributed by atoms with E-state index in [2.05, 4.69) is 58.4 Å². The molecule has 4 aliphatic rings. The van der Waals surface area contributed by atoms with Crippen molar-refractivity contribution in [3.8, 4) is 0 Å². The minimum Gasteiger partial charge on any atom is -0.468 e. The van der Waals surface area contributed by atoms with E-state index < -0.39 is 0 Å². The van der Waals surface area contributed by atoms with Crippen molar-refractivity contribution in [2.75, 3.05) is 79.9 Å². The van der Waals surface area contributed by atoms with E-state index in [4.69, 9.17) is 39.5 Å². The number of nitrogens with one attached hydrogen (secondary N) is 1. The lowest BCUT2D eigenvalue weighted by Gasteiger charge is -2.37. The molecule has 0 amide bonds. The number of ether oxygens (including phenoxy) is 2. The summed E-state index contributed by atoms with van der Waals surface area (Å²) in [4.78, 5) is 41.8. The first kappa shape index (κ1) is 36.5. The summed E-state index contributed by atoms with van der Waals surface area (Å²) in [6.07, 6.45) is 3.49.